The fourth-order valence-corrected chi connectivity index (χ4v) is 6.76. The average molecular weight is 813 g/mol. The zero-order valence-corrected chi connectivity index (χ0v) is 34.7. The van der Waals surface area contributed by atoms with Crippen LogP contribution in [0.5, 0.6) is 23.0 Å². The molecule has 0 radical (unpaired) electrons. The van der Waals surface area contributed by atoms with Gasteiger partial charge in [-0.15, -0.1) is 0 Å². The first kappa shape index (κ1) is 44.3. The predicted octanol–water partition coefficient (Wildman–Crippen LogP) is 8.86. The van der Waals surface area contributed by atoms with E-state index in [4.69, 9.17) is 23.7 Å². The Hall–Kier alpha value is -5.78. The number of amides is 2. The molecule has 5 rings (SSSR count). The molecule has 3 N–H and O–H groups in total. The van der Waals surface area contributed by atoms with Crippen LogP contribution in [-0.4, -0.2) is 61.1 Å². The number of benzene rings is 4. The summed E-state index contributed by atoms with van der Waals surface area (Å²) in [4.78, 5) is 37.2. The lowest BCUT2D eigenvalue weighted by Crippen LogP contribution is -2.44. The minimum Gasteiger partial charge on any atom is -0.493 e. The lowest BCUT2D eigenvalue weighted by molar-refractivity contribution is -0.142. The van der Waals surface area contributed by atoms with Gasteiger partial charge in [-0.3, -0.25) is 9.59 Å². The zero-order valence-electron chi connectivity index (χ0n) is 34.7. The number of carboxylic acid groups (broad SMARTS) is 1. The van der Waals surface area contributed by atoms with Crippen molar-refractivity contribution >= 4 is 18.0 Å². The van der Waals surface area contributed by atoms with Gasteiger partial charge in [0.2, 0.25) is 0 Å². The quantitative estimate of drug-likeness (QED) is 0.0747. The number of fused-ring (bicyclic) bond motifs is 1. The van der Waals surface area contributed by atoms with Gasteiger partial charge in [0.25, 0.3) is 5.91 Å². The van der Waals surface area contributed by atoms with Crippen LogP contribution in [-0.2, 0) is 40.2 Å². The normalized spacial score (nSPS) is 14.0. The first-order valence-electron chi connectivity index (χ1n) is 20.5. The van der Waals surface area contributed by atoms with Crippen LogP contribution in [0.1, 0.15) is 82.6 Å². The molecule has 0 spiro atoms. The van der Waals surface area contributed by atoms with Gasteiger partial charge in [-0.25, -0.2) is 9.18 Å². The molecular weight excluding hydrogens is 756 g/mol. The van der Waals surface area contributed by atoms with Gasteiger partial charge in [0.15, 0.2) is 6.10 Å². The lowest BCUT2D eigenvalue weighted by Gasteiger charge is -2.28. The van der Waals surface area contributed by atoms with Gasteiger partial charge in [-0.1, -0.05) is 68.8 Å². The van der Waals surface area contributed by atoms with Crippen LogP contribution in [0.15, 0.2) is 78.9 Å². The fourth-order valence-electron chi connectivity index (χ4n) is 6.76. The van der Waals surface area contributed by atoms with Crippen molar-refractivity contribution in [3.63, 3.8) is 0 Å². The second-order valence-electron chi connectivity index (χ2n) is 15.6. The molecule has 12 heteroatoms. The van der Waals surface area contributed by atoms with E-state index < -0.39 is 35.6 Å². The number of aryl methyl sites for hydroxylation is 2. The van der Waals surface area contributed by atoms with E-state index in [2.05, 4.69) is 24.5 Å². The third kappa shape index (κ3) is 13.1. The van der Waals surface area contributed by atoms with Gasteiger partial charge < -0.3 is 39.4 Å². The SMILES string of the molecule is CCCc1c(OCCCOc2cc(OCc3ccccc3)c(-c3ccc(F)cc3)cc2CC)ccc2c1OC(C(=O)NCC(CCNC(=O)OC(C)(C)C)C(=O)O)CC2. The molecule has 1 aliphatic heterocycles. The number of hydrogen-bond acceptors (Lipinski definition) is 8. The van der Waals surface area contributed by atoms with Gasteiger partial charge in [0.05, 0.1) is 19.1 Å². The second-order valence-corrected chi connectivity index (χ2v) is 15.6. The van der Waals surface area contributed by atoms with E-state index in [1.165, 1.54) is 12.1 Å². The molecule has 2 atom stereocenters. The summed E-state index contributed by atoms with van der Waals surface area (Å²) in [5.41, 5.74) is 4.95. The second kappa shape index (κ2) is 21.3. The third-order valence-electron chi connectivity index (χ3n) is 9.80. The molecule has 11 nitrogen and oxygen atoms in total. The van der Waals surface area contributed by atoms with Crippen LogP contribution in [0.3, 0.4) is 0 Å². The largest absolute Gasteiger partial charge is 0.493 e. The monoisotopic (exact) mass is 812 g/mol. The molecule has 2 unspecified atom stereocenters. The van der Waals surface area contributed by atoms with Crippen LogP contribution in [0.2, 0.25) is 0 Å². The standard InChI is InChI=1S/C47H57FN2O9/c1-6-12-37-39(21-17-34-18-22-40(58-43(34)37)44(51)50-29-35(45(52)53)23-24-49-46(54)59-47(3,4)5)55-25-11-26-56-41-28-42(57-30-31-13-9-8-10-14-31)38(27-32(41)7-2)33-15-19-36(48)20-16-33/h8-10,13-17,19-21,27-28,35,40H,6-7,11-12,18,22-26,29-30H2,1-5H3,(H,49,54)(H,50,51)(H,52,53). The number of aliphatic carboxylic acids is 1. The smallest absolute Gasteiger partial charge is 0.407 e. The van der Waals surface area contributed by atoms with Gasteiger partial charge in [-0.2, -0.15) is 0 Å². The highest BCUT2D eigenvalue weighted by Crippen LogP contribution is 2.39. The molecule has 0 aliphatic carbocycles. The number of alkyl carbamates (subject to hydrolysis) is 1. The third-order valence-corrected chi connectivity index (χ3v) is 9.80. The Morgan fingerprint density at radius 1 is 0.898 bits per heavy atom. The summed E-state index contributed by atoms with van der Waals surface area (Å²) >= 11 is 0. The summed E-state index contributed by atoms with van der Waals surface area (Å²) < 4.78 is 44.3. The van der Waals surface area contributed by atoms with Crippen molar-refractivity contribution in [2.24, 2.45) is 5.92 Å². The van der Waals surface area contributed by atoms with E-state index in [9.17, 15) is 23.9 Å². The highest BCUT2D eigenvalue weighted by Gasteiger charge is 2.30. The van der Waals surface area contributed by atoms with E-state index in [0.717, 1.165) is 46.2 Å². The van der Waals surface area contributed by atoms with E-state index in [1.807, 2.05) is 54.6 Å². The molecule has 0 fully saturated rings. The number of carbonyl (C=O) groups is 3. The van der Waals surface area contributed by atoms with Crippen molar-refractivity contribution in [3.05, 3.63) is 107 Å². The Balaban J connectivity index is 1.18. The van der Waals surface area contributed by atoms with Gasteiger partial charge in [0, 0.05) is 36.7 Å². The van der Waals surface area contributed by atoms with Crippen LogP contribution in [0.4, 0.5) is 9.18 Å². The van der Waals surface area contributed by atoms with Crippen molar-refractivity contribution in [3.8, 4) is 34.1 Å². The van der Waals surface area contributed by atoms with Gasteiger partial charge in [-0.05, 0) is 99.4 Å². The van der Waals surface area contributed by atoms with Gasteiger partial charge >= 0.3 is 12.1 Å². The highest BCUT2D eigenvalue weighted by molar-refractivity contribution is 5.82. The fraction of sp³-hybridized carbons (Fsp3) is 0.426. The molecular formula is C47H57FN2O9. The summed E-state index contributed by atoms with van der Waals surface area (Å²) in [7, 11) is 0. The number of carbonyl (C=O) groups excluding carboxylic acids is 2. The van der Waals surface area contributed by atoms with Gasteiger partial charge in [0.1, 0.15) is 41.0 Å². The van der Waals surface area contributed by atoms with Crippen molar-refractivity contribution in [2.75, 3.05) is 26.3 Å². The first-order valence-corrected chi connectivity index (χ1v) is 20.5. The molecule has 1 aliphatic rings. The average Bonchev–Trinajstić information content (AvgIpc) is 3.21. The lowest BCUT2D eigenvalue weighted by atomic mass is 9.96. The van der Waals surface area contributed by atoms with E-state index >= 15 is 0 Å². The van der Waals surface area contributed by atoms with E-state index in [1.54, 1.807) is 32.9 Å². The summed E-state index contributed by atoms with van der Waals surface area (Å²) in [5, 5.41) is 15.1. The van der Waals surface area contributed by atoms with E-state index in [0.29, 0.717) is 68.5 Å². The molecule has 0 saturated heterocycles. The van der Waals surface area contributed by atoms with Crippen molar-refractivity contribution < 1.29 is 47.6 Å². The molecule has 0 bridgehead atoms. The maximum absolute atomic E-state index is 13.8. The molecule has 4 aromatic rings. The molecule has 0 saturated carbocycles. The molecule has 59 heavy (non-hydrogen) atoms. The predicted molar refractivity (Wildman–Crippen MR) is 224 cm³/mol. The maximum atomic E-state index is 13.8. The molecule has 4 aromatic carbocycles. The topological polar surface area (TPSA) is 142 Å². The summed E-state index contributed by atoms with van der Waals surface area (Å²) in [6.07, 6.45) is 2.59. The number of nitrogens with one attached hydrogen (secondary N) is 2. The number of rotatable bonds is 20. The Kier molecular flexibility index (Phi) is 16.0. The molecule has 1 heterocycles. The first-order chi connectivity index (χ1) is 28.3. The summed E-state index contributed by atoms with van der Waals surface area (Å²) in [6.45, 7) is 10.5. The minimum atomic E-state index is -1.08. The Morgan fingerprint density at radius 3 is 2.31 bits per heavy atom. The van der Waals surface area contributed by atoms with Crippen molar-refractivity contribution in [2.45, 2.75) is 97.9 Å². The van der Waals surface area contributed by atoms with Crippen LogP contribution >= 0.6 is 0 Å². The summed E-state index contributed by atoms with van der Waals surface area (Å²) in [5.74, 6) is 0.00202. The van der Waals surface area contributed by atoms with E-state index in [-0.39, 0.29) is 25.3 Å². The molecule has 0 aromatic heterocycles. The number of carboxylic acids is 1. The number of halogens is 1. The molecule has 2 amide bonds. The Labute approximate surface area is 346 Å². The minimum absolute atomic E-state index is 0.0845. The Bertz CT molecular complexity index is 2010. The number of hydrogen-bond donors (Lipinski definition) is 3. The molecule has 316 valence electrons. The highest BCUT2D eigenvalue weighted by atomic mass is 19.1. The summed E-state index contributed by atoms with van der Waals surface area (Å²) in [6, 6.07) is 24.2. The maximum Gasteiger partial charge on any atom is 0.407 e. The van der Waals surface area contributed by atoms with Crippen molar-refractivity contribution in [1.82, 2.24) is 10.6 Å². The van der Waals surface area contributed by atoms with Crippen LogP contribution in [0, 0.1) is 11.7 Å². The zero-order chi connectivity index (χ0) is 42.4. The number of ether oxygens (including phenoxy) is 5. The Morgan fingerprint density at radius 2 is 1.63 bits per heavy atom. The van der Waals surface area contributed by atoms with Crippen LogP contribution < -0.4 is 29.6 Å². The van der Waals surface area contributed by atoms with Crippen LogP contribution in [0.25, 0.3) is 11.1 Å². The van der Waals surface area contributed by atoms with Crippen molar-refractivity contribution in [1.29, 1.82) is 0 Å².